The van der Waals surface area contributed by atoms with Crippen LogP contribution in [-0.2, 0) is 0 Å². The molecule has 1 heteroatoms. The lowest BCUT2D eigenvalue weighted by atomic mass is 9.88. The lowest BCUT2D eigenvalue weighted by Gasteiger charge is -2.41. The van der Waals surface area contributed by atoms with E-state index < -0.39 is 0 Å². The molecule has 1 atom stereocenters. The number of nitrogens with zero attached hydrogens (tertiary/aromatic N) is 1. The second-order valence-corrected chi connectivity index (χ2v) is 6.37. The van der Waals surface area contributed by atoms with Gasteiger partial charge in [-0.05, 0) is 58.6 Å². The Labute approximate surface area is 106 Å². The molecule has 1 saturated heterocycles. The molecule has 0 N–H and O–H groups in total. The standard InChI is InChI=1S/C16H25N/c1-13-7-9-14(10-8-13)15-6-5-11-17(12-15)16(2,3)4/h7-10,15H,5-6,11-12H2,1-4H3. The third-order valence-corrected chi connectivity index (χ3v) is 3.92. The molecule has 0 aromatic heterocycles. The monoisotopic (exact) mass is 231 g/mol. The van der Waals surface area contributed by atoms with Gasteiger partial charge in [0.15, 0.2) is 0 Å². The predicted octanol–water partition coefficient (Wildman–Crippen LogP) is 3.97. The van der Waals surface area contributed by atoms with Crippen molar-refractivity contribution < 1.29 is 0 Å². The van der Waals surface area contributed by atoms with E-state index >= 15 is 0 Å². The zero-order valence-electron chi connectivity index (χ0n) is 11.7. The molecule has 1 aromatic carbocycles. The second kappa shape index (κ2) is 4.81. The molecule has 0 amide bonds. The lowest BCUT2D eigenvalue weighted by molar-refractivity contribution is 0.0986. The Balaban J connectivity index is 2.09. The highest BCUT2D eigenvalue weighted by Gasteiger charge is 2.28. The van der Waals surface area contributed by atoms with Gasteiger partial charge in [0.1, 0.15) is 0 Å². The normalized spacial score (nSPS) is 22.7. The number of hydrogen-bond acceptors (Lipinski definition) is 1. The van der Waals surface area contributed by atoms with E-state index in [1.54, 1.807) is 0 Å². The summed E-state index contributed by atoms with van der Waals surface area (Å²) in [4.78, 5) is 2.63. The molecule has 94 valence electrons. The molecule has 1 nitrogen and oxygen atoms in total. The minimum Gasteiger partial charge on any atom is -0.298 e. The lowest BCUT2D eigenvalue weighted by Crippen LogP contribution is -2.46. The summed E-state index contributed by atoms with van der Waals surface area (Å²) in [5.74, 6) is 0.726. The Morgan fingerprint density at radius 2 is 1.76 bits per heavy atom. The third kappa shape index (κ3) is 3.10. The van der Waals surface area contributed by atoms with Gasteiger partial charge in [0, 0.05) is 12.1 Å². The maximum Gasteiger partial charge on any atom is 0.0125 e. The molecule has 0 saturated carbocycles. The van der Waals surface area contributed by atoms with Crippen molar-refractivity contribution in [1.29, 1.82) is 0 Å². The fourth-order valence-corrected chi connectivity index (χ4v) is 2.70. The number of rotatable bonds is 1. The van der Waals surface area contributed by atoms with Crippen molar-refractivity contribution in [3.8, 4) is 0 Å². The van der Waals surface area contributed by atoms with Gasteiger partial charge in [0.05, 0.1) is 0 Å². The summed E-state index contributed by atoms with van der Waals surface area (Å²) in [7, 11) is 0. The molecule has 0 aliphatic carbocycles. The third-order valence-electron chi connectivity index (χ3n) is 3.92. The van der Waals surface area contributed by atoms with Crippen LogP contribution in [-0.4, -0.2) is 23.5 Å². The van der Waals surface area contributed by atoms with Crippen molar-refractivity contribution in [2.75, 3.05) is 13.1 Å². The summed E-state index contributed by atoms with van der Waals surface area (Å²) in [6, 6.07) is 9.11. The molecule has 1 fully saturated rings. The zero-order chi connectivity index (χ0) is 12.5. The van der Waals surface area contributed by atoms with Crippen LogP contribution in [0.25, 0.3) is 0 Å². The van der Waals surface area contributed by atoms with E-state index in [-0.39, 0.29) is 0 Å². The summed E-state index contributed by atoms with van der Waals surface area (Å²) in [5.41, 5.74) is 3.19. The van der Waals surface area contributed by atoms with Crippen LogP contribution in [0.4, 0.5) is 0 Å². The summed E-state index contributed by atoms with van der Waals surface area (Å²) in [6.45, 7) is 11.6. The topological polar surface area (TPSA) is 3.24 Å². The molecule has 0 radical (unpaired) electrons. The van der Waals surface area contributed by atoms with Crippen LogP contribution in [0.2, 0.25) is 0 Å². The minimum absolute atomic E-state index is 0.309. The summed E-state index contributed by atoms with van der Waals surface area (Å²) >= 11 is 0. The van der Waals surface area contributed by atoms with Crippen molar-refractivity contribution in [2.24, 2.45) is 0 Å². The number of likely N-dealkylation sites (tertiary alicyclic amines) is 1. The molecular weight excluding hydrogens is 206 g/mol. The van der Waals surface area contributed by atoms with E-state index in [1.165, 1.54) is 37.1 Å². The number of piperidine rings is 1. The maximum absolute atomic E-state index is 2.63. The quantitative estimate of drug-likeness (QED) is 0.707. The highest BCUT2D eigenvalue weighted by Crippen LogP contribution is 2.30. The van der Waals surface area contributed by atoms with Gasteiger partial charge < -0.3 is 0 Å². The first-order chi connectivity index (χ1) is 7.97. The van der Waals surface area contributed by atoms with Gasteiger partial charge >= 0.3 is 0 Å². The van der Waals surface area contributed by atoms with Crippen LogP contribution in [0, 0.1) is 6.92 Å². The largest absolute Gasteiger partial charge is 0.298 e. The minimum atomic E-state index is 0.309. The van der Waals surface area contributed by atoms with Gasteiger partial charge in [-0.3, -0.25) is 4.90 Å². The molecule has 1 heterocycles. The van der Waals surface area contributed by atoms with Crippen LogP contribution < -0.4 is 0 Å². The van der Waals surface area contributed by atoms with Crippen LogP contribution in [0.3, 0.4) is 0 Å². The Hall–Kier alpha value is -0.820. The first-order valence-corrected chi connectivity index (χ1v) is 6.78. The van der Waals surface area contributed by atoms with Crippen LogP contribution >= 0.6 is 0 Å². The second-order valence-electron chi connectivity index (χ2n) is 6.37. The summed E-state index contributed by atoms with van der Waals surface area (Å²) in [6.07, 6.45) is 2.67. The Morgan fingerprint density at radius 1 is 1.12 bits per heavy atom. The van der Waals surface area contributed by atoms with Crippen molar-refractivity contribution in [3.05, 3.63) is 35.4 Å². The van der Waals surface area contributed by atoms with Crippen molar-refractivity contribution in [1.82, 2.24) is 4.90 Å². The van der Waals surface area contributed by atoms with E-state index in [0.29, 0.717) is 5.54 Å². The molecule has 1 aliphatic rings. The van der Waals surface area contributed by atoms with E-state index in [4.69, 9.17) is 0 Å². The van der Waals surface area contributed by atoms with Gasteiger partial charge in [0.2, 0.25) is 0 Å². The van der Waals surface area contributed by atoms with E-state index in [2.05, 4.69) is 56.9 Å². The van der Waals surface area contributed by atoms with Gasteiger partial charge in [-0.25, -0.2) is 0 Å². The summed E-state index contributed by atoms with van der Waals surface area (Å²) in [5, 5.41) is 0. The number of hydrogen-bond donors (Lipinski definition) is 0. The number of aryl methyl sites for hydroxylation is 1. The van der Waals surface area contributed by atoms with E-state index in [0.717, 1.165) is 5.92 Å². The van der Waals surface area contributed by atoms with Crippen molar-refractivity contribution in [2.45, 2.75) is 52.0 Å². The van der Waals surface area contributed by atoms with E-state index in [1.807, 2.05) is 0 Å². The SMILES string of the molecule is Cc1ccc(C2CCCN(C(C)(C)C)C2)cc1. The Kier molecular flexibility index (Phi) is 3.58. The van der Waals surface area contributed by atoms with Gasteiger partial charge in [-0.2, -0.15) is 0 Å². The van der Waals surface area contributed by atoms with Gasteiger partial charge in [0.25, 0.3) is 0 Å². The average Bonchev–Trinajstić information content (AvgIpc) is 2.29. The predicted molar refractivity (Wildman–Crippen MR) is 74.5 cm³/mol. The fourth-order valence-electron chi connectivity index (χ4n) is 2.70. The average molecular weight is 231 g/mol. The first-order valence-electron chi connectivity index (χ1n) is 6.78. The molecule has 1 aliphatic heterocycles. The van der Waals surface area contributed by atoms with Gasteiger partial charge in [-0.15, -0.1) is 0 Å². The summed E-state index contributed by atoms with van der Waals surface area (Å²) < 4.78 is 0. The van der Waals surface area contributed by atoms with Crippen LogP contribution in [0.15, 0.2) is 24.3 Å². The molecule has 0 bridgehead atoms. The maximum atomic E-state index is 2.63. The van der Waals surface area contributed by atoms with Crippen LogP contribution in [0.5, 0.6) is 0 Å². The van der Waals surface area contributed by atoms with Crippen molar-refractivity contribution >= 4 is 0 Å². The smallest absolute Gasteiger partial charge is 0.0125 e. The zero-order valence-corrected chi connectivity index (χ0v) is 11.7. The highest BCUT2D eigenvalue weighted by molar-refractivity contribution is 5.25. The molecular formula is C16H25N. The Morgan fingerprint density at radius 3 is 2.35 bits per heavy atom. The van der Waals surface area contributed by atoms with Crippen molar-refractivity contribution in [3.63, 3.8) is 0 Å². The molecule has 0 spiro atoms. The highest BCUT2D eigenvalue weighted by atomic mass is 15.2. The molecule has 2 rings (SSSR count). The van der Waals surface area contributed by atoms with Crippen LogP contribution in [0.1, 0.15) is 50.7 Å². The molecule has 1 unspecified atom stereocenters. The first kappa shape index (κ1) is 12.6. The molecule has 17 heavy (non-hydrogen) atoms. The Bertz CT molecular complexity index is 358. The fraction of sp³-hybridized carbons (Fsp3) is 0.625. The van der Waals surface area contributed by atoms with Gasteiger partial charge in [-0.1, -0.05) is 29.8 Å². The number of benzene rings is 1. The van der Waals surface area contributed by atoms with E-state index in [9.17, 15) is 0 Å². The molecule has 1 aromatic rings.